The third-order valence-electron chi connectivity index (χ3n) is 1.71. The fraction of sp³-hybridized carbons (Fsp3) is 0.111. The molecule has 0 aromatic heterocycles. The predicted molar refractivity (Wildman–Crippen MR) is 59.1 cm³/mol. The summed E-state index contributed by atoms with van der Waals surface area (Å²) in [5.74, 6) is -2.83. The molecule has 1 rings (SSSR count). The number of rotatable bonds is 3. The van der Waals surface area contributed by atoms with Gasteiger partial charge in [-0.05, 0) is 6.07 Å². The van der Waals surface area contributed by atoms with Crippen molar-refractivity contribution in [2.24, 2.45) is 0 Å². The summed E-state index contributed by atoms with van der Waals surface area (Å²) in [5, 5.41) is 19.6. The number of hydrogen-bond donors (Lipinski definition) is 1. The summed E-state index contributed by atoms with van der Waals surface area (Å²) in [6.07, 6.45) is 0. The molecule has 1 aromatic rings. The molecule has 1 aromatic carbocycles. The quantitative estimate of drug-likeness (QED) is 0.396. The van der Waals surface area contributed by atoms with Gasteiger partial charge < -0.3 is 9.84 Å². The monoisotopic (exact) mass is 303 g/mol. The van der Waals surface area contributed by atoms with E-state index in [0.29, 0.717) is 0 Å². The fourth-order valence-corrected chi connectivity index (χ4v) is 1.57. The van der Waals surface area contributed by atoms with Crippen molar-refractivity contribution in [2.45, 2.75) is 6.92 Å². The van der Waals surface area contributed by atoms with Crippen LogP contribution in [0.5, 0.6) is 5.75 Å². The van der Waals surface area contributed by atoms with Crippen molar-refractivity contribution < 1.29 is 24.4 Å². The number of nitrogens with zero attached hydrogens (tertiary/aromatic N) is 1. The highest BCUT2D eigenvalue weighted by Gasteiger charge is 2.25. The zero-order valence-electron chi connectivity index (χ0n) is 8.47. The van der Waals surface area contributed by atoms with E-state index in [-0.39, 0.29) is 4.47 Å². The van der Waals surface area contributed by atoms with Gasteiger partial charge in [0, 0.05) is 17.5 Å². The summed E-state index contributed by atoms with van der Waals surface area (Å²) >= 11 is 2.94. The molecule has 0 unspecified atom stereocenters. The average Bonchev–Trinajstić information content (AvgIpc) is 2.18. The first-order valence-corrected chi connectivity index (χ1v) is 5.02. The number of carbonyl (C=O) groups excluding carboxylic acids is 1. The minimum absolute atomic E-state index is 0.206. The zero-order valence-corrected chi connectivity index (χ0v) is 10.1. The molecular formula is C9H6BrNO6. The molecule has 1 N–H and O–H groups in total. The number of ether oxygens (including phenoxy) is 1. The summed E-state index contributed by atoms with van der Waals surface area (Å²) in [4.78, 5) is 31.6. The maximum atomic E-state index is 10.9. The molecule has 7 nitrogen and oxygen atoms in total. The molecular weight excluding hydrogens is 298 g/mol. The molecule has 0 aliphatic carbocycles. The van der Waals surface area contributed by atoms with Crippen LogP contribution in [0.2, 0.25) is 0 Å². The van der Waals surface area contributed by atoms with Gasteiger partial charge in [-0.25, -0.2) is 4.79 Å². The van der Waals surface area contributed by atoms with Gasteiger partial charge in [0.05, 0.1) is 4.92 Å². The number of benzene rings is 1. The van der Waals surface area contributed by atoms with Crippen molar-refractivity contribution in [2.75, 3.05) is 0 Å². The smallest absolute Gasteiger partial charge is 0.339 e. The molecule has 17 heavy (non-hydrogen) atoms. The van der Waals surface area contributed by atoms with Crippen molar-refractivity contribution in [3.8, 4) is 5.75 Å². The highest BCUT2D eigenvalue weighted by molar-refractivity contribution is 9.10. The van der Waals surface area contributed by atoms with Crippen LogP contribution in [0.4, 0.5) is 5.69 Å². The number of nitro groups is 1. The summed E-state index contributed by atoms with van der Waals surface area (Å²) in [6, 6.07) is 2.18. The van der Waals surface area contributed by atoms with Gasteiger partial charge in [0.25, 0.3) is 0 Å². The SMILES string of the molecule is CC(=O)Oc1c(C(=O)O)cc(Br)cc1[N+](=O)[O-]. The lowest BCUT2D eigenvalue weighted by Crippen LogP contribution is -2.09. The van der Waals surface area contributed by atoms with Crippen LogP contribution in [0.25, 0.3) is 0 Å². The van der Waals surface area contributed by atoms with Crippen molar-refractivity contribution in [3.05, 3.63) is 32.3 Å². The summed E-state index contributed by atoms with van der Waals surface area (Å²) in [6.45, 7) is 1.03. The van der Waals surface area contributed by atoms with E-state index in [2.05, 4.69) is 20.7 Å². The van der Waals surface area contributed by atoms with E-state index < -0.39 is 33.9 Å². The molecule has 0 aliphatic rings. The van der Waals surface area contributed by atoms with Gasteiger partial charge in [-0.2, -0.15) is 0 Å². The van der Waals surface area contributed by atoms with Crippen LogP contribution in [0.3, 0.4) is 0 Å². The Bertz CT molecular complexity index is 477. The minimum atomic E-state index is -1.43. The minimum Gasteiger partial charge on any atom is -0.478 e. The van der Waals surface area contributed by atoms with E-state index in [4.69, 9.17) is 5.11 Å². The van der Waals surface area contributed by atoms with Gasteiger partial charge in [-0.15, -0.1) is 0 Å². The Morgan fingerprint density at radius 1 is 1.47 bits per heavy atom. The van der Waals surface area contributed by atoms with Crippen LogP contribution in [-0.4, -0.2) is 22.0 Å². The summed E-state index contributed by atoms with van der Waals surface area (Å²) in [5.41, 5.74) is -1.05. The second-order valence-electron chi connectivity index (χ2n) is 2.96. The molecule has 0 aliphatic heterocycles. The van der Waals surface area contributed by atoms with Crippen LogP contribution in [-0.2, 0) is 4.79 Å². The van der Waals surface area contributed by atoms with Gasteiger partial charge >= 0.3 is 17.6 Å². The fourth-order valence-electron chi connectivity index (χ4n) is 1.12. The number of halogens is 1. The molecule has 0 atom stereocenters. The lowest BCUT2D eigenvalue weighted by atomic mass is 10.1. The van der Waals surface area contributed by atoms with E-state index in [0.717, 1.165) is 19.1 Å². The highest BCUT2D eigenvalue weighted by atomic mass is 79.9. The van der Waals surface area contributed by atoms with Crippen LogP contribution in [0.15, 0.2) is 16.6 Å². The van der Waals surface area contributed by atoms with Gasteiger partial charge in [-0.3, -0.25) is 14.9 Å². The van der Waals surface area contributed by atoms with E-state index in [1.54, 1.807) is 0 Å². The Kier molecular flexibility index (Phi) is 3.79. The molecule has 0 spiro atoms. The Labute approximate surface area is 103 Å². The van der Waals surface area contributed by atoms with Gasteiger partial charge in [0.1, 0.15) is 5.56 Å². The molecule has 0 heterocycles. The summed E-state index contributed by atoms with van der Waals surface area (Å²) < 4.78 is 4.78. The normalized spacial score (nSPS) is 9.76. The number of aromatic carboxylic acids is 1. The van der Waals surface area contributed by atoms with Crippen LogP contribution in [0, 0.1) is 10.1 Å². The van der Waals surface area contributed by atoms with Crippen molar-refractivity contribution in [3.63, 3.8) is 0 Å². The summed E-state index contributed by atoms with van der Waals surface area (Å²) in [7, 11) is 0. The Morgan fingerprint density at radius 2 is 2.06 bits per heavy atom. The predicted octanol–water partition coefficient (Wildman–Crippen LogP) is 1.98. The molecule has 0 saturated heterocycles. The maximum Gasteiger partial charge on any atom is 0.339 e. The second kappa shape index (κ2) is 4.91. The van der Waals surface area contributed by atoms with Gasteiger partial charge in [0.15, 0.2) is 0 Å². The molecule has 0 amide bonds. The first-order valence-electron chi connectivity index (χ1n) is 4.22. The molecule has 0 radical (unpaired) electrons. The lowest BCUT2D eigenvalue weighted by Gasteiger charge is -2.06. The first-order chi connectivity index (χ1) is 7.82. The van der Waals surface area contributed by atoms with Crippen molar-refractivity contribution >= 4 is 33.6 Å². The number of carboxylic acids is 1. The number of hydrogen-bond acceptors (Lipinski definition) is 5. The molecule has 0 bridgehead atoms. The first kappa shape index (κ1) is 13.1. The number of esters is 1. The van der Waals surface area contributed by atoms with E-state index >= 15 is 0 Å². The molecule has 8 heteroatoms. The molecule has 90 valence electrons. The largest absolute Gasteiger partial charge is 0.478 e. The lowest BCUT2D eigenvalue weighted by molar-refractivity contribution is -0.385. The Balaban J connectivity index is 3.52. The van der Waals surface area contributed by atoms with Crippen LogP contribution >= 0.6 is 15.9 Å². The van der Waals surface area contributed by atoms with E-state index in [9.17, 15) is 19.7 Å². The number of carboxylic acid groups (broad SMARTS) is 1. The van der Waals surface area contributed by atoms with Crippen molar-refractivity contribution in [1.82, 2.24) is 0 Å². The Hall–Kier alpha value is -1.96. The second-order valence-corrected chi connectivity index (χ2v) is 3.87. The van der Waals surface area contributed by atoms with Crippen LogP contribution in [0.1, 0.15) is 17.3 Å². The van der Waals surface area contributed by atoms with E-state index in [1.807, 2.05) is 0 Å². The molecule has 0 saturated carbocycles. The zero-order chi connectivity index (χ0) is 13.2. The number of carbonyl (C=O) groups is 2. The third-order valence-corrected chi connectivity index (χ3v) is 2.16. The topological polar surface area (TPSA) is 107 Å². The van der Waals surface area contributed by atoms with E-state index in [1.165, 1.54) is 0 Å². The third kappa shape index (κ3) is 3.00. The van der Waals surface area contributed by atoms with Crippen LogP contribution < -0.4 is 4.74 Å². The highest BCUT2D eigenvalue weighted by Crippen LogP contribution is 2.34. The Morgan fingerprint density at radius 3 is 2.47 bits per heavy atom. The number of nitro benzene ring substituents is 1. The average molecular weight is 304 g/mol. The standard InChI is InChI=1S/C9H6BrNO6/c1-4(12)17-8-6(9(13)14)2-5(10)3-7(8)11(15)16/h2-3H,1H3,(H,13,14). The van der Waals surface area contributed by atoms with Gasteiger partial charge in [0.2, 0.25) is 5.75 Å². The van der Waals surface area contributed by atoms with Crippen molar-refractivity contribution in [1.29, 1.82) is 0 Å². The molecule has 0 fully saturated rings. The maximum absolute atomic E-state index is 10.9. The van der Waals surface area contributed by atoms with Gasteiger partial charge in [-0.1, -0.05) is 15.9 Å².